The number of hydrogen-bond acceptors (Lipinski definition) is 5. The molecule has 2 rings (SSSR count). The third-order valence-electron chi connectivity index (χ3n) is 4.42. The van der Waals surface area contributed by atoms with Crippen LogP contribution in [0.15, 0.2) is 36.0 Å². The number of nitrogens with zero attached hydrogens (tertiary/aromatic N) is 2. The molecule has 0 aliphatic rings. The topological polar surface area (TPSA) is 83.2 Å². The van der Waals surface area contributed by atoms with E-state index in [-0.39, 0.29) is 11.3 Å². The van der Waals surface area contributed by atoms with Gasteiger partial charge in [-0.15, -0.1) is 0 Å². The van der Waals surface area contributed by atoms with Gasteiger partial charge in [-0.25, -0.2) is 4.79 Å². The van der Waals surface area contributed by atoms with Gasteiger partial charge in [0.25, 0.3) is 0 Å². The molecule has 0 saturated carbocycles. The summed E-state index contributed by atoms with van der Waals surface area (Å²) in [6.07, 6.45) is 7.18. The number of carbonyl (C=O) groups is 1. The van der Waals surface area contributed by atoms with Crippen LogP contribution in [0.3, 0.4) is 0 Å². The molecule has 5 nitrogen and oxygen atoms in total. The predicted molar refractivity (Wildman–Crippen MR) is 101 cm³/mol. The van der Waals surface area contributed by atoms with Crippen molar-refractivity contribution >= 4 is 22.9 Å². The molecule has 1 N–H and O–H groups in total. The number of pyridine rings is 1. The van der Waals surface area contributed by atoms with E-state index in [1.807, 2.05) is 6.07 Å². The Morgan fingerprint density at radius 1 is 1.38 bits per heavy atom. The molecule has 1 heterocycles. The molecule has 0 radical (unpaired) electrons. The zero-order valence-electron chi connectivity index (χ0n) is 15.2. The summed E-state index contributed by atoms with van der Waals surface area (Å²) in [5.41, 5.74) is 1.00. The molecule has 0 spiro atoms. The molecule has 1 aromatic carbocycles. The summed E-state index contributed by atoms with van der Waals surface area (Å²) in [5.74, 6) is -0.245. The molecule has 0 fully saturated rings. The van der Waals surface area contributed by atoms with Gasteiger partial charge in [0.1, 0.15) is 22.9 Å². The smallest absolute Gasteiger partial charge is 0.348 e. The first-order chi connectivity index (χ1) is 12.6. The van der Waals surface area contributed by atoms with Crippen LogP contribution in [0.25, 0.3) is 17.0 Å². The SMILES string of the molecule is CCCCC(CC)COC(=O)/C(C#N)=C/c1ccnc2c(O)cccc12. The van der Waals surface area contributed by atoms with Crippen LogP contribution in [0.2, 0.25) is 0 Å². The zero-order valence-corrected chi connectivity index (χ0v) is 15.2. The van der Waals surface area contributed by atoms with Crippen molar-refractivity contribution in [1.82, 2.24) is 4.98 Å². The Morgan fingerprint density at radius 2 is 2.19 bits per heavy atom. The van der Waals surface area contributed by atoms with Crippen molar-refractivity contribution in [3.05, 3.63) is 41.6 Å². The van der Waals surface area contributed by atoms with Gasteiger partial charge in [-0.2, -0.15) is 5.26 Å². The number of rotatable bonds is 8. The Labute approximate surface area is 153 Å². The maximum absolute atomic E-state index is 12.3. The van der Waals surface area contributed by atoms with Gasteiger partial charge in [-0.3, -0.25) is 4.98 Å². The first kappa shape index (κ1) is 19.5. The molecular weight excluding hydrogens is 328 g/mol. The number of phenols is 1. The van der Waals surface area contributed by atoms with Crippen molar-refractivity contribution in [2.24, 2.45) is 5.92 Å². The van der Waals surface area contributed by atoms with E-state index < -0.39 is 5.97 Å². The predicted octanol–water partition coefficient (Wildman–Crippen LogP) is 4.61. The quantitative estimate of drug-likeness (QED) is 0.426. The first-order valence-electron chi connectivity index (χ1n) is 8.96. The molecule has 0 aliphatic heterocycles. The molecule has 1 aromatic heterocycles. The summed E-state index contributed by atoms with van der Waals surface area (Å²) in [7, 11) is 0. The molecule has 0 saturated heterocycles. The Balaban J connectivity index is 2.19. The lowest BCUT2D eigenvalue weighted by Gasteiger charge is -2.14. The Hall–Kier alpha value is -2.87. The third kappa shape index (κ3) is 4.82. The fourth-order valence-corrected chi connectivity index (χ4v) is 2.77. The average Bonchev–Trinajstić information content (AvgIpc) is 2.66. The molecule has 1 unspecified atom stereocenters. The largest absolute Gasteiger partial charge is 0.506 e. The standard InChI is InChI=1S/C21H24N2O3/c1-3-5-7-15(4-2)14-26-21(25)17(13-22)12-16-10-11-23-20-18(16)8-6-9-19(20)24/h6,8-12,15,24H,3-5,7,14H2,1-2H3/b17-12+. The van der Waals surface area contributed by atoms with Crippen molar-refractivity contribution in [2.45, 2.75) is 39.5 Å². The Kier molecular flexibility index (Phi) is 7.16. The minimum atomic E-state index is -0.618. The van der Waals surface area contributed by atoms with Crippen molar-refractivity contribution in [1.29, 1.82) is 5.26 Å². The number of hydrogen-bond donors (Lipinski definition) is 1. The summed E-state index contributed by atoms with van der Waals surface area (Å²) < 4.78 is 5.36. The second-order valence-electron chi connectivity index (χ2n) is 6.26. The van der Waals surface area contributed by atoms with Gasteiger partial charge < -0.3 is 9.84 Å². The number of unbranched alkanes of at least 4 members (excludes halogenated alkanes) is 1. The van der Waals surface area contributed by atoms with E-state index in [1.165, 1.54) is 12.3 Å². The van der Waals surface area contributed by atoms with Crippen LogP contribution in [0.4, 0.5) is 0 Å². The maximum Gasteiger partial charge on any atom is 0.348 e. The number of phenolic OH excluding ortho intramolecular Hbond substituents is 1. The van der Waals surface area contributed by atoms with E-state index >= 15 is 0 Å². The van der Waals surface area contributed by atoms with Crippen LogP contribution in [-0.2, 0) is 9.53 Å². The number of benzene rings is 1. The van der Waals surface area contributed by atoms with Crippen LogP contribution >= 0.6 is 0 Å². The number of para-hydroxylation sites is 1. The summed E-state index contributed by atoms with van der Waals surface area (Å²) in [6, 6.07) is 8.64. The number of ether oxygens (including phenoxy) is 1. The lowest BCUT2D eigenvalue weighted by molar-refractivity contribution is -0.139. The number of aromatic nitrogens is 1. The normalized spacial score (nSPS) is 12.6. The Bertz CT molecular complexity index is 837. The molecule has 2 aromatic rings. The van der Waals surface area contributed by atoms with Gasteiger partial charge in [0.15, 0.2) is 0 Å². The fourth-order valence-electron chi connectivity index (χ4n) is 2.77. The van der Waals surface area contributed by atoms with Crippen LogP contribution in [0, 0.1) is 17.2 Å². The molecule has 0 bridgehead atoms. The van der Waals surface area contributed by atoms with Crippen LogP contribution in [0.1, 0.15) is 45.1 Å². The molecule has 0 amide bonds. The molecular formula is C21H24N2O3. The van der Waals surface area contributed by atoms with E-state index in [1.54, 1.807) is 24.3 Å². The number of nitriles is 1. The third-order valence-corrected chi connectivity index (χ3v) is 4.42. The highest BCUT2D eigenvalue weighted by molar-refractivity contribution is 6.01. The van der Waals surface area contributed by atoms with Crippen LogP contribution < -0.4 is 0 Å². The minimum absolute atomic E-state index is 0.0561. The minimum Gasteiger partial charge on any atom is -0.506 e. The van der Waals surface area contributed by atoms with E-state index in [0.29, 0.717) is 29.0 Å². The van der Waals surface area contributed by atoms with Crippen LogP contribution in [0.5, 0.6) is 5.75 Å². The molecule has 5 heteroatoms. The molecule has 1 atom stereocenters. The number of esters is 1. The van der Waals surface area contributed by atoms with Gasteiger partial charge in [0.2, 0.25) is 0 Å². The second-order valence-corrected chi connectivity index (χ2v) is 6.26. The summed E-state index contributed by atoms with van der Waals surface area (Å²) in [5, 5.41) is 19.9. The van der Waals surface area contributed by atoms with Crippen LogP contribution in [-0.4, -0.2) is 22.7 Å². The van der Waals surface area contributed by atoms with Crippen molar-refractivity contribution in [2.75, 3.05) is 6.61 Å². The maximum atomic E-state index is 12.3. The summed E-state index contributed by atoms with van der Waals surface area (Å²) in [4.78, 5) is 16.4. The molecule has 0 aliphatic carbocycles. The summed E-state index contributed by atoms with van der Waals surface area (Å²) in [6.45, 7) is 4.53. The first-order valence-corrected chi connectivity index (χ1v) is 8.96. The molecule has 136 valence electrons. The van der Waals surface area contributed by atoms with Gasteiger partial charge in [0, 0.05) is 11.6 Å². The second kappa shape index (κ2) is 9.57. The van der Waals surface area contributed by atoms with E-state index in [0.717, 1.165) is 25.7 Å². The molecule has 26 heavy (non-hydrogen) atoms. The average molecular weight is 352 g/mol. The van der Waals surface area contributed by atoms with E-state index in [2.05, 4.69) is 18.8 Å². The van der Waals surface area contributed by atoms with Gasteiger partial charge in [0.05, 0.1) is 6.61 Å². The van der Waals surface area contributed by atoms with Gasteiger partial charge in [-0.1, -0.05) is 45.2 Å². The lowest BCUT2D eigenvalue weighted by Crippen LogP contribution is -2.15. The zero-order chi connectivity index (χ0) is 18.9. The number of fused-ring (bicyclic) bond motifs is 1. The van der Waals surface area contributed by atoms with E-state index in [4.69, 9.17) is 4.74 Å². The fraction of sp³-hybridized carbons (Fsp3) is 0.381. The highest BCUT2D eigenvalue weighted by atomic mass is 16.5. The summed E-state index contributed by atoms with van der Waals surface area (Å²) >= 11 is 0. The van der Waals surface area contributed by atoms with Crippen molar-refractivity contribution in [3.8, 4) is 11.8 Å². The number of carbonyl (C=O) groups excluding carboxylic acids is 1. The number of aromatic hydroxyl groups is 1. The highest BCUT2D eigenvalue weighted by Gasteiger charge is 2.15. The van der Waals surface area contributed by atoms with Crippen molar-refractivity contribution < 1.29 is 14.6 Å². The Morgan fingerprint density at radius 3 is 2.88 bits per heavy atom. The van der Waals surface area contributed by atoms with Gasteiger partial charge >= 0.3 is 5.97 Å². The van der Waals surface area contributed by atoms with Gasteiger partial charge in [-0.05, 0) is 36.1 Å². The lowest BCUT2D eigenvalue weighted by atomic mass is 10.0. The van der Waals surface area contributed by atoms with E-state index in [9.17, 15) is 15.2 Å². The van der Waals surface area contributed by atoms with Crippen molar-refractivity contribution in [3.63, 3.8) is 0 Å². The highest BCUT2D eigenvalue weighted by Crippen LogP contribution is 2.26. The monoisotopic (exact) mass is 352 g/mol.